The summed E-state index contributed by atoms with van der Waals surface area (Å²) in [5.74, 6) is 0.713. The van der Waals surface area contributed by atoms with Crippen LogP contribution in [-0.4, -0.2) is 14.5 Å². The van der Waals surface area contributed by atoms with Gasteiger partial charge in [-0.15, -0.1) is 0 Å². The van der Waals surface area contributed by atoms with E-state index in [4.69, 9.17) is 9.97 Å². The van der Waals surface area contributed by atoms with E-state index in [2.05, 4.69) is 205 Å². The third kappa shape index (κ3) is 3.99. The van der Waals surface area contributed by atoms with E-state index in [1.165, 1.54) is 93.9 Å². The summed E-state index contributed by atoms with van der Waals surface area (Å²) in [5.41, 5.74) is 21.0. The summed E-state index contributed by atoms with van der Waals surface area (Å²) in [4.78, 5) is 10.6. The number of benzene rings is 9. The van der Waals surface area contributed by atoms with Crippen LogP contribution in [0.5, 0.6) is 0 Å². The van der Waals surface area contributed by atoms with E-state index in [0.29, 0.717) is 5.82 Å². The maximum Gasteiger partial charge on any atom is 0.160 e. The molecule has 276 valence electrons. The van der Waals surface area contributed by atoms with Crippen molar-refractivity contribution in [2.45, 2.75) is 5.41 Å². The van der Waals surface area contributed by atoms with Crippen molar-refractivity contribution in [3.63, 3.8) is 0 Å². The number of hydrogen-bond donors (Lipinski definition) is 0. The third-order valence-corrected chi connectivity index (χ3v) is 13.5. The summed E-state index contributed by atoms with van der Waals surface area (Å²) in [5, 5.41) is 5.17. The van der Waals surface area contributed by atoms with E-state index < -0.39 is 5.41 Å². The van der Waals surface area contributed by atoms with Crippen molar-refractivity contribution in [2.24, 2.45) is 0 Å². The van der Waals surface area contributed by atoms with Crippen LogP contribution in [0.2, 0.25) is 0 Å². The number of para-hydroxylation sites is 3. The predicted octanol–water partition coefficient (Wildman–Crippen LogP) is 14.1. The van der Waals surface area contributed by atoms with Gasteiger partial charge in [0.05, 0.1) is 33.5 Å². The Morgan fingerprint density at radius 1 is 0.367 bits per heavy atom. The highest BCUT2D eigenvalue weighted by Gasteiger charge is 2.52. The Labute approximate surface area is 346 Å². The van der Waals surface area contributed by atoms with Gasteiger partial charge < -0.3 is 4.57 Å². The van der Waals surface area contributed by atoms with Crippen LogP contribution in [0.25, 0.3) is 106 Å². The van der Waals surface area contributed by atoms with Gasteiger partial charge in [-0.3, -0.25) is 0 Å². The van der Waals surface area contributed by atoms with Crippen molar-refractivity contribution in [1.82, 2.24) is 14.5 Å². The summed E-state index contributed by atoms with van der Waals surface area (Å²) < 4.78 is 2.52. The lowest BCUT2D eigenvalue weighted by atomic mass is 9.65. The molecule has 0 radical (unpaired) electrons. The molecule has 1 unspecified atom stereocenters. The quantitative estimate of drug-likeness (QED) is 0.180. The van der Waals surface area contributed by atoms with Crippen LogP contribution in [0.4, 0.5) is 0 Å². The molecule has 3 nitrogen and oxygen atoms in total. The highest BCUT2D eigenvalue weighted by Crippen LogP contribution is 2.64. The molecular weight excluding hydrogens is 727 g/mol. The molecule has 1 aliphatic heterocycles. The number of fused-ring (bicyclic) bond motifs is 16. The molecular formula is C57H33N3. The molecule has 14 rings (SSSR count). The second-order valence-corrected chi connectivity index (χ2v) is 16.4. The van der Waals surface area contributed by atoms with Gasteiger partial charge >= 0.3 is 0 Å². The Morgan fingerprint density at radius 2 is 0.983 bits per heavy atom. The Kier molecular flexibility index (Phi) is 6.22. The first-order valence-corrected chi connectivity index (χ1v) is 20.7. The largest absolute Gasteiger partial charge is 0.309 e. The molecule has 0 amide bonds. The number of nitrogens with zero attached hydrogens (tertiary/aromatic N) is 3. The maximum atomic E-state index is 5.32. The second kappa shape index (κ2) is 11.6. The molecule has 0 N–H and O–H groups in total. The zero-order valence-electron chi connectivity index (χ0n) is 32.4. The minimum absolute atomic E-state index is 0.593. The molecule has 0 saturated heterocycles. The van der Waals surface area contributed by atoms with Crippen LogP contribution >= 0.6 is 0 Å². The first-order valence-electron chi connectivity index (χ1n) is 20.7. The molecule has 0 bridgehead atoms. The van der Waals surface area contributed by atoms with Crippen molar-refractivity contribution >= 4 is 32.6 Å². The number of hydrogen-bond acceptors (Lipinski definition) is 2. The summed E-state index contributed by atoms with van der Waals surface area (Å²) in [7, 11) is 0. The van der Waals surface area contributed by atoms with E-state index >= 15 is 0 Å². The lowest BCUT2D eigenvalue weighted by molar-refractivity contribution is 0.749. The van der Waals surface area contributed by atoms with Crippen LogP contribution in [0.15, 0.2) is 200 Å². The van der Waals surface area contributed by atoms with Crippen LogP contribution in [-0.2, 0) is 5.41 Å². The zero-order valence-corrected chi connectivity index (χ0v) is 32.4. The second-order valence-electron chi connectivity index (χ2n) is 16.4. The van der Waals surface area contributed by atoms with Gasteiger partial charge in [-0.05, 0) is 96.7 Å². The molecule has 3 heteroatoms. The van der Waals surface area contributed by atoms with Crippen LogP contribution in [0.1, 0.15) is 22.3 Å². The van der Waals surface area contributed by atoms with Crippen LogP contribution in [0, 0.1) is 0 Å². The number of aromatic nitrogens is 3. The summed E-state index contributed by atoms with van der Waals surface area (Å²) >= 11 is 0. The molecule has 9 aromatic carbocycles. The van der Waals surface area contributed by atoms with Gasteiger partial charge in [0.25, 0.3) is 0 Å². The lowest BCUT2D eigenvalue weighted by Gasteiger charge is -2.39. The summed E-state index contributed by atoms with van der Waals surface area (Å²) in [6.45, 7) is 0. The van der Waals surface area contributed by atoms with Gasteiger partial charge in [0.15, 0.2) is 5.82 Å². The van der Waals surface area contributed by atoms with Crippen LogP contribution < -0.4 is 0 Å². The Balaban J connectivity index is 1.13. The first kappa shape index (κ1) is 32.1. The molecule has 1 atom stereocenters. The van der Waals surface area contributed by atoms with Gasteiger partial charge in [-0.1, -0.05) is 170 Å². The van der Waals surface area contributed by atoms with Crippen molar-refractivity contribution in [3.05, 3.63) is 222 Å². The highest BCUT2D eigenvalue weighted by atomic mass is 15.0. The topological polar surface area (TPSA) is 30.7 Å². The molecule has 2 aliphatic carbocycles. The molecule has 11 aromatic rings. The van der Waals surface area contributed by atoms with Gasteiger partial charge in [-0.2, -0.15) is 0 Å². The molecule has 0 saturated carbocycles. The minimum atomic E-state index is -0.593. The van der Waals surface area contributed by atoms with Crippen molar-refractivity contribution in [2.75, 3.05) is 0 Å². The van der Waals surface area contributed by atoms with E-state index in [1.807, 2.05) is 0 Å². The summed E-state index contributed by atoms with van der Waals surface area (Å²) in [6.07, 6.45) is 0. The third-order valence-electron chi connectivity index (χ3n) is 13.5. The SMILES string of the molecule is c1ccc(-c2cc(-c3ccccc3)nc(-c3ccc4c(c3)-c3c(cc5c6c(cccc36)-c3ccccc3-5)C43c4ccccc4-n4c5ccccc5c5cccc3c54)n2)cc1. The van der Waals surface area contributed by atoms with Crippen LogP contribution in [0.3, 0.4) is 0 Å². The fourth-order valence-corrected chi connectivity index (χ4v) is 11.2. The fraction of sp³-hybridized carbons (Fsp3) is 0.0175. The lowest BCUT2D eigenvalue weighted by Crippen LogP contribution is -2.33. The predicted molar refractivity (Wildman–Crippen MR) is 245 cm³/mol. The molecule has 1 spiro atoms. The Morgan fingerprint density at radius 3 is 1.78 bits per heavy atom. The molecule has 0 fully saturated rings. The Hall–Kier alpha value is -7.88. The first-order chi connectivity index (χ1) is 29.8. The van der Waals surface area contributed by atoms with Crippen molar-refractivity contribution < 1.29 is 0 Å². The summed E-state index contributed by atoms with van der Waals surface area (Å²) in [6, 6.07) is 73.5. The normalized spacial score (nSPS) is 15.1. The van der Waals surface area contributed by atoms with Gasteiger partial charge in [0.1, 0.15) is 0 Å². The van der Waals surface area contributed by atoms with E-state index in [-0.39, 0.29) is 0 Å². The molecule has 2 aromatic heterocycles. The van der Waals surface area contributed by atoms with E-state index in [0.717, 1.165) is 28.1 Å². The number of rotatable bonds is 3. The van der Waals surface area contributed by atoms with Gasteiger partial charge in [0, 0.05) is 27.5 Å². The minimum Gasteiger partial charge on any atom is -0.309 e. The molecule has 60 heavy (non-hydrogen) atoms. The van der Waals surface area contributed by atoms with Crippen molar-refractivity contribution in [1.29, 1.82) is 0 Å². The van der Waals surface area contributed by atoms with Gasteiger partial charge in [0.2, 0.25) is 0 Å². The highest BCUT2D eigenvalue weighted by molar-refractivity contribution is 6.22. The standard InChI is InChI=1S/C57H33N3/c1-3-15-34(16-4-1)49-33-50(35-17-5-2-6-18-35)59-56(58-49)36-29-30-45-44(31-36)54-42-24-13-22-40-37-19-7-8-20-38(37)43(53(40)42)32-48(54)57(45)46-25-10-12-28-52(46)60-51-27-11-9-21-39(51)41-23-14-26-47(57)55(41)60/h1-33H. The van der Waals surface area contributed by atoms with E-state index in [9.17, 15) is 0 Å². The smallest absolute Gasteiger partial charge is 0.160 e. The average Bonchev–Trinajstić information content (AvgIpc) is 3.94. The Bertz CT molecular complexity index is 3600. The monoisotopic (exact) mass is 759 g/mol. The van der Waals surface area contributed by atoms with Gasteiger partial charge in [-0.25, -0.2) is 9.97 Å². The fourth-order valence-electron chi connectivity index (χ4n) is 11.2. The molecule has 3 aliphatic rings. The maximum absolute atomic E-state index is 5.32. The zero-order chi connectivity index (χ0) is 39.1. The molecule has 3 heterocycles. The van der Waals surface area contributed by atoms with E-state index in [1.54, 1.807) is 0 Å². The van der Waals surface area contributed by atoms with Crippen molar-refractivity contribution in [3.8, 4) is 73.0 Å². The average molecular weight is 760 g/mol.